The van der Waals surface area contributed by atoms with E-state index in [-0.39, 0.29) is 28.2 Å². The molecule has 1 aromatic carbocycles. The first kappa shape index (κ1) is 13.7. The zero-order valence-corrected chi connectivity index (χ0v) is 8.82. The quantitative estimate of drug-likeness (QED) is 0.647. The Morgan fingerprint density at radius 3 is 2.07 bits per heavy atom. The summed E-state index contributed by atoms with van der Waals surface area (Å²) in [5.41, 5.74) is 0.0701. The van der Waals surface area contributed by atoms with Crippen LogP contribution in [0.15, 0.2) is 18.2 Å². The Hall–Kier alpha value is -1.32. The number of aryl methyl sites for hydroxylation is 1. The number of aromatic carboxylic acids is 2. The number of carbonyl (C=O) groups excluding carboxylic acids is 2. The summed E-state index contributed by atoms with van der Waals surface area (Å²) in [4.78, 5) is 21.1. The molecule has 0 aliphatic carbocycles. The van der Waals surface area contributed by atoms with E-state index in [1.165, 1.54) is 12.1 Å². The van der Waals surface area contributed by atoms with Crippen molar-refractivity contribution in [2.45, 2.75) is 13.3 Å². The number of rotatable bonds is 3. The van der Waals surface area contributed by atoms with E-state index in [1.54, 1.807) is 6.07 Å². The number of hydrogen-bond donors (Lipinski definition) is 0. The molecule has 1 aromatic rings. The Morgan fingerprint density at radius 1 is 1.13 bits per heavy atom. The number of benzene rings is 1. The van der Waals surface area contributed by atoms with Gasteiger partial charge in [0.2, 0.25) is 0 Å². The Bertz CT molecular complexity index is 387. The summed E-state index contributed by atoms with van der Waals surface area (Å²) in [5, 5.41) is 21.1. The van der Waals surface area contributed by atoms with Gasteiger partial charge in [-0.25, -0.2) is 0 Å². The van der Waals surface area contributed by atoms with Crippen molar-refractivity contribution >= 4 is 11.9 Å². The van der Waals surface area contributed by atoms with E-state index in [9.17, 15) is 19.8 Å². The molecule has 5 heteroatoms. The van der Waals surface area contributed by atoms with Gasteiger partial charge < -0.3 is 19.8 Å². The molecule has 0 aromatic heterocycles. The fourth-order valence-electron chi connectivity index (χ4n) is 1.16. The zero-order valence-electron chi connectivity index (χ0n) is 7.87. The van der Waals surface area contributed by atoms with Crippen LogP contribution in [0.4, 0.5) is 0 Å². The van der Waals surface area contributed by atoms with Crippen LogP contribution in [0.5, 0.6) is 0 Å². The summed E-state index contributed by atoms with van der Waals surface area (Å²) in [6, 6.07) is 4.07. The van der Waals surface area contributed by atoms with Crippen LogP contribution in [0, 0.1) is 0 Å². The SMILES string of the molecule is CCc1ccc(C(=O)[O-])c(C(=O)[O-])c1.[Cu+2]. The average Bonchev–Trinajstić information content (AvgIpc) is 2.16. The number of carboxylic acids is 2. The molecule has 0 aliphatic heterocycles. The number of carbonyl (C=O) groups is 2. The normalized spacial score (nSPS) is 9.13. The fraction of sp³-hybridized carbons (Fsp3) is 0.200. The van der Waals surface area contributed by atoms with Gasteiger partial charge in [0.15, 0.2) is 0 Å². The molecule has 15 heavy (non-hydrogen) atoms. The van der Waals surface area contributed by atoms with Gasteiger partial charge in [0, 0.05) is 11.1 Å². The van der Waals surface area contributed by atoms with E-state index < -0.39 is 11.9 Å². The third kappa shape index (κ3) is 3.08. The fourth-order valence-corrected chi connectivity index (χ4v) is 1.16. The monoisotopic (exact) mass is 255 g/mol. The largest absolute Gasteiger partial charge is 2.00 e. The summed E-state index contributed by atoms with van der Waals surface area (Å²) >= 11 is 0. The van der Waals surface area contributed by atoms with Gasteiger partial charge in [-0.1, -0.05) is 19.1 Å². The summed E-state index contributed by atoms with van der Waals surface area (Å²) in [5.74, 6) is -3.01. The van der Waals surface area contributed by atoms with Crippen molar-refractivity contribution in [3.8, 4) is 0 Å². The Kier molecular flexibility index (Phi) is 5.05. The predicted molar refractivity (Wildman–Crippen MR) is 44.5 cm³/mol. The first-order chi connectivity index (χ1) is 6.56. The maximum atomic E-state index is 10.6. The molecule has 0 spiro atoms. The van der Waals surface area contributed by atoms with Gasteiger partial charge in [0.1, 0.15) is 0 Å². The molecule has 0 N–H and O–H groups in total. The minimum atomic E-state index is -1.51. The summed E-state index contributed by atoms with van der Waals surface area (Å²) in [7, 11) is 0. The Morgan fingerprint density at radius 2 is 1.67 bits per heavy atom. The van der Waals surface area contributed by atoms with Crippen molar-refractivity contribution in [1.82, 2.24) is 0 Å². The second-order valence-corrected chi connectivity index (χ2v) is 2.81. The Balaban J connectivity index is 0.00000196. The summed E-state index contributed by atoms with van der Waals surface area (Å²) in [6.45, 7) is 1.84. The van der Waals surface area contributed by atoms with Crippen molar-refractivity contribution in [3.05, 3.63) is 34.9 Å². The smallest absolute Gasteiger partial charge is 0.545 e. The molecular weight excluding hydrogens is 248 g/mol. The third-order valence-corrected chi connectivity index (χ3v) is 1.93. The van der Waals surface area contributed by atoms with Gasteiger partial charge >= 0.3 is 17.1 Å². The van der Waals surface area contributed by atoms with Crippen LogP contribution in [0.3, 0.4) is 0 Å². The average molecular weight is 256 g/mol. The van der Waals surface area contributed by atoms with Gasteiger partial charge in [0.05, 0.1) is 11.9 Å². The molecule has 0 aliphatic rings. The first-order valence-electron chi connectivity index (χ1n) is 4.12. The van der Waals surface area contributed by atoms with Crippen LogP contribution < -0.4 is 10.2 Å². The molecule has 0 unspecified atom stereocenters. The summed E-state index contributed by atoms with van der Waals surface area (Å²) < 4.78 is 0. The van der Waals surface area contributed by atoms with Crippen LogP contribution >= 0.6 is 0 Å². The minimum Gasteiger partial charge on any atom is -0.545 e. The Labute approximate surface area is 97.4 Å². The van der Waals surface area contributed by atoms with E-state index in [1.807, 2.05) is 6.92 Å². The van der Waals surface area contributed by atoms with E-state index in [0.717, 1.165) is 5.56 Å². The van der Waals surface area contributed by atoms with Gasteiger partial charge in [-0.3, -0.25) is 0 Å². The van der Waals surface area contributed by atoms with Crippen molar-refractivity contribution < 1.29 is 36.9 Å². The van der Waals surface area contributed by atoms with E-state index in [2.05, 4.69) is 0 Å². The van der Waals surface area contributed by atoms with Gasteiger partial charge in [0.25, 0.3) is 0 Å². The standard InChI is InChI=1S/C10H10O4.Cu/c1-2-6-3-4-7(9(11)12)8(5-6)10(13)14;/h3-5H,2H2,1H3,(H,11,12)(H,13,14);/q;+2/p-2. The third-order valence-electron chi connectivity index (χ3n) is 1.93. The van der Waals surface area contributed by atoms with Crippen molar-refractivity contribution in [2.75, 3.05) is 0 Å². The molecule has 1 radical (unpaired) electrons. The van der Waals surface area contributed by atoms with Gasteiger partial charge in [-0.2, -0.15) is 0 Å². The molecule has 0 atom stereocenters. The number of hydrogen-bond acceptors (Lipinski definition) is 4. The molecule has 1 rings (SSSR count). The minimum absolute atomic E-state index is 0. The second kappa shape index (κ2) is 5.53. The maximum absolute atomic E-state index is 10.6. The van der Waals surface area contributed by atoms with E-state index in [4.69, 9.17) is 0 Å². The summed E-state index contributed by atoms with van der Waals surface area (Å²) in [6.07, 6.45) is 0.633. The predicted octanol–water partition coefficient (Wildman–Crippen LogP) is -1.03. The molecule has 0 saturated carbocycles. The molecule has 0 heterocycles. The van der Waals surface area contributed by atoms with Crippen LogP contribution in [0.2, 0.25) is 0 Å². The first-order valence-corrected chi connectivity index (χ1v) is 4.12. The van der Waals surface area contributed by atoms with Crippen molar-refractivity contribution in [1.29, 1.82) is 0 Å². The maximum Gasteiger partial charge on any atom is 2.00 e. The number of carboxylic acid groups (broad SMARTS) is 2. The van der Waals surface area contributed by atoms with E-state index >= 15 is 0 Å². The topological polar surface area (TPSA) is 80.3 Å². The van der Waals surface area contributed by atoms with Crippen LogP contribution in [-0.2, 0) is 23.5 Å². The molecule has 4 nitrogen and oxygen atoms in total. The molecular formula is C10H8CuO4. The van der Waals surface area contributed by atoms with Crippen molar-refractivity contribution in [3.63, 3.8) is 0 Å². The van der Waals surface area contributed by atoms with E-state index in [0.29, 0.717) is 6.42 Å². The van der Waals surface area contributed by atoms with Crippen LogP contribution in [0.25, 0.3) is 0 Å². The van der Waals surface area contributed by atoms with Crippen LogP contribution in [-0.4, -0.2) is 11.9 Å². The second-order valence-electron chi connectivity index (χ2n) is 2.81. The van der Waals surface area contributed by atoms with Crippen molar-refractivity contribution in [2.24, 2.45) is 0 Å². The van der Waals surface area contributed by atoms with Gasteiger partial charge in [-0.05, 0) is 18.1 Å². The molecule has 83 valence electrons. The molecule has 0 amide bonds. The molecule has 0 bridgehead atoms. The molecule has 0 fully saturated rings. The van der Waals surface area contributed by atoms with Crippen LogP contribution in [0.1, 0.15) is 33.2 Å². The zero-order chi connectivity index (χ0) is 10.7. The molecule has 0 saturated heterocycles. The van der Waals surface area contributed by atoms with Gasteiger partial charge in [-0.15, -0.1) is 0 Å².